The van der Waals surface area contributed by atoms with E-state index in [1.807, 2.05) is 87.1 Å². The third-order valence-corrected chi connectivity index (χ3v) is 5.53. The minimum Gasteiger partial charge on any atom is -0.338 e. The lowest BCUT2D eigenvalue weighted by atomic mass is 9.92. The van der Waals surface area contributed by atoms with Crippen LogP contribution in [-0.2, 0) is 0 Å². The minimum absolute atomic E-state index is 0.266. The molecule has 1 aromatic carbocycles. The van der Waals surface area contributed by atoms with Crippen molar-refractivity contribution in [3.63, 3.8) is 0 Å². The van der Waals surface area contributed by atoms with E-state index >= 15 is 0 Å². The monoisotopic (exact) mass is 713 g/mol. The molecule has 2 heteroatoms. The van der Waals surface area contributed by atoms with Crippen molar-refractivity contribution in [2.45, 2.75) is 176 Å². The molecule has 0 heterocycles. The van der Waals surface area contributed by atoms with Gasteiger partial charge in [-0.05, 0) is 75.8 Å². The van der Waals surface area contributed by atoms with Crippen LogP contribution in [0.3, 0.4) is 0 Å². The smallest absolute Gasteiger partial charge is 0.117 e. The zero-order valence-corrected chi connectivity index (χ0v) is 38.8. The van der Waals surface area contributed by atoms with E-state index < -0.39 is 0 Å². The lowest BCUT2D eigenvalue weighted by Crippen LogP contribution is -2.25. The van der Waals surface area contributed by atoms with E-state index in [9.17, 15) is 0 Å². The molecule has 2 rings (SSSR count). The van der Waals surface area contributed by atoms with Gasteiger partial charge in [0.2, 0.25) is 0 Å². The number of benzene rings is 1. The second kappa shape index (κ2) is 68.6. The topological polar surface area (TPSA) is 27.0 Å². The summed E-state index contributed by atoms with van der Waals surface area (Å²) in [7, 11) is 0. The summed E-state index contributed by atoms with van der Waals surface area (Å²) < 4.78 is 0. The van der Waals surface area contributed by atoms with E-state index in [0.717, 1.165) is 31.5 Å². The molecule has 0 N–H and O–H groups in total. The van der Waals surface area contributed by atoms with Crippen LogP contribution in [0, 0.1) is 37.5 Å². The predicted molar refractivity (Wildman–Crippen MR) is 249 cm³/mol. The summed E-state index contributed by atoms with van der Waals surface area (Å²) in [6.07, 6.45) is 12.5. The quantitative estimate of drug-likeness (QED) is 0.208. The molecule has 0 fully saturated rings. The number of nitrogens with zero attached hydrogens (tertiary/aromatic N) is 2. The highest BCUT2D eigenvalue weighted by molar-refractivity contribution is 5.28. The Bertz CT molecular complexity index is 870. The normalized spacial score (nSPS) is 8.86. The number of hydrogen-bond acceptors (Lipinski definition) is 2. The summed E-state index contributed by atoms with van der Waals surface area (Å²) in [5.41, 5.74) is 7.41. The molecule has 0 saturated carbocycles. The molecule has 0 saturated heterocycles. The molecule has 2 nitrogen and oxygen atoms in total. The van der Waals surface area contributed by atoms with Crippen LogP contribution in [0.4, 0.5) is 0 Å². The molecular weight excluding hydrogens is 617 g/mol. The summed E-state index contributed by atoms with van der Waals surface area (Å²) in [5.74, 6) is 0. The van der Waals surface area contributed by atoms with Gasteiger partial charge >= 0.3 is 0 Å². The lowest BCUT2D eigenvalue weighted by molar-refractivity contribution is 0.309. The first kappa shape index (κ1) is 73.2. The zero-order valence-electron chi connectivity index (χ0n) is 38.8. The Kier molecular flexibility index (Phi) is 98.5. The number of rotatable bonds is 7. The summed E-state index contributed by atoms with van der Waals surface area (Å²) in [6, 6.07) is 8.59. The van der Waals surface area contributed by atoms with Crippen molar-refractivity contribution in [1.29, 1.82) is 5.26 Å². The highest BCUT2D eigenvalue weighted by atomic mass is 15.1. The van der Waals surface area contributed by atoms with Gasteiger partial charge in [-0.25, -0.2) is 0 Å². The molecule has 0 amide bonds. The largest absolute Gasteiger partial charge is 0.338 e. The average molecular weight is 713 g/mol. The maximum atomic E-state index is 8.85. The van der Waals surface area contributed by atoms with Gasteiger partial charge in [-0.1, -0.05) is 172 Å². The molecule has 0 radical (unpaired) electrons. The zero-order chi connectivity index (χ0) is 43.4. The Morgan fingerprint density at radius 2 is 1.20 bits per heavy atom. The molecule has 0 spiro atoms. The molecule has 1 aliphatic rings. The third-order valence-electron chi connectivity index (χ3n) is 5.53. The third kappa shape index (κ3) is 65.6. The van der Waals surface area contributed by atoms with Crippen LogP contribution in [0.15, 0.2) is 107 Å². The SMILES string of the molecule is C=C.C=C.C=C.C=C(C#N)N(CCC(C)(C)C)C(=C)CC.C=CCC1=CCCC1.CC.CC.CC.CC.CC.CCC.Cc1ccc(C)c(C)c1. The first-order valence-corrected chi connectivity index (χ1v) is 19.7. The Hall–Kier alpha value is -3.31. The summed E-state index contributed by atoms with van der Waals surface area (Å²) in [6.45, 7) is 69.5. The molecular formula is C49H96N2. The van der Waals surface area contributed by atoms with Gasteiger partial charge in [0.15, 0.2) is 0 Å². The van der Waals surface area contributed by atoms with Gasteiger partial charge in [-0.3, -0.25) is 0 Å². The maximum Gasteiger partial charge on any atom is 0.117 e. The van der Waals surface area contributed by atoms with Crippen LogP contribution in [0.2, 0.25) is 0 Å². The Labute approximate surface area is 327 Å². The van der Waals surface area contributed by atoms with Crippen LogP contribution in [0.5, 0.6) is 0 Å². The molecule has 1 aromatic rings. The molecule has 302 valence electrons. The van der Waals surface area contributed by atoms with Crippen LogP contribution >= 0.6 is 0 Å². The van der Waals surface area contributed by atoms with Crippen molar-refractivity contribution < 1.29 is 0 Å². The molecule has 0 aliphatic heterocycles. The second-order valence-electron chi connectivity index (χ2n) is 10.5. The number of aryl methyl sites for hydroxylation is 3. The van der Waals surface area contributed by atoms with Gasteiger partial charge in [0, 0.05) is 12.2 Å². The van der Waals surface area contributed by atoms with Crippen LogP contribution < -0.4 is 0 Å². The van der Waals surface area contributed by atoms with Crippen molar-refractivity contribution in [3.8, 4) is 6.07 Å². The highest BCUT2D eigenvalue weighted by Gasteiger charge is 2.15. The highest BCUT2D eigenvalue weighted by Crippen LogP contribution is 2.22. The van der Waals surface area contributed by atoms with Gasteiger partial charge < -0.3 is 4.90 Å². The molecule has 0 bridgehead atoms. The van der Waals surface area contributed by atoms with Gasteiger partial charge in [0.25, 0.3) is 0 Å². The predicted octanol–water partition coefficient (Wildman–Crippen LogP) is 17.9. The fourth-order valence-corrected chi connectivity index (χ4v) is 3.18. The second-order valence-corrected chi connectivity index (χ2v) is 10.5. The maximum absolute atomic E-state index is 8.85. The van der Waals surface area contributed by atoms with E-state index in [4.69, 9.17) is 5.26 Å². The molecule has 0 aromatic heterocycles. The van der Waals surface area contributed by atoms with E-state index in [2.05, 4.69) is 145 Å². The lowest BCUT2D eigenvalue weighted by Gasteiger charge is -2.28. The molecule has 0 atom stereocenters. The van der Waals surface area contributed by atoms with Crippen molar-refractivity contribution in [2.75, 3.05) is 6.54 Å². The van der Waals surface area contributed by atoms with E-state index in [-0.39, 0.29) is 5.41 Å². The van der Waals surface area contributed by atoms with Gasteiger partial charge in [-0.2, -0.15) is 5.26 Å². The summed E-state index contributed by atoms with van der Waals surface area (Å²) >= 11 is 0. The van der Waals surface area contributed by atoms with Crippen molar-refractivity contribution in [2.24, 2.45) is 5.41 Å². The Balaban J connectivity index is -0.0000000510. The number of hydrogen-bond donors (Lipinski definition) is 0. The van der Waals surface area contributed by atoms with Crippen LogP contribution in [0.25, 0.3) is 0 Å². The minimum atomic E-state index is 0.266. The van der Waals surface area contributed by atoms with E-state index in [1.54, 1.807) is 5.57 Å². The van der Waals surface area contributed by atoms with Gasteiger partial charge in [0.1, 0.15) is 11.8 Å². The Morgan fingerprint density at radius 1 is 0.784 bits per heavy atom. The average Bonchev–Trinajstić information content (AvgIpc) is 3.70. The van der Waals surface area contributed by atoms with Gasteiger partial charge in [-0.15, -0.1) is 46.1 Å². The number of nitriles is 1. The van der Waals surface area contributed by atoms with Crippen LogP contribution in [0.1, 0.15) is 172 Å². The standard InChI is InChI=1S/C13H22N2.C9H12.C8H12.C3H8.5C2H6.3C2H4/c1-7-11(2)15(12(3)10-14)9-8-13(4,5)6;1-7-4-5-8(2)9(3)6-7;1-2-5-8-6-3-4-7-8;1-3-2;8*1-2/h2-3,7-9H2,1,4-6H3;4-6H,1-3H3;2,6H,1,3-5,7H2;3H2,1-2H3;5*1-2H3;3*1-2H2. The first-order valence-electron chi connectivity index (χ1n) is 19.7. The first-order chi connectivity index (χ1) is 24.4. The number of allylic oxidation sites excluding steroid dienone is 5. The van der Waals surface area contributed by atoms with Crippen molar-refractivity contribution in [1.82, 2.24) is 4.90 Å². The van der Waals surface area contributed by atoms with Crippen molar-refractivity contribution >= 4 is 0 Å². The molecule has 51 heavy (non-hydrogen) atoms. The van der Waals surface area contributed by atoms with Crippen LogP contribution in [-0.4, -0.2) is 11.4 Å². The molecule has 0 unspecified atom stereocenters. The van der Waals surface area contributed by atoms with E-state index in [0.29, 0.717) is 5.70 Å². The molecule has 1 aliphatic carbocycles. The van der Waals surface area contributed by atoms with Gasteiger partial charge in [0.05, 0.1) is 0 Å². The van der Waals surface area contributed by atoms with Crippen molar-refractivity contribution in [3.05, 3.63) is 123 Å². The fraction of sp³-hybridized carbons (Fsp3) is 0.571. The Morgan fingerprint density at radius 3 is 1.45 bits per heavy atom. The van der Waals surface area contributed by atoms with E-state index in [1.165, 1.54) is 42.4 Å². The fourth-order valence-electron chi connectivity index (χ4n) is 3.18. The summed E-state index contributed by atoms with van der Waals surface area (Å²) in [5, 5.41) is 8.85. The summed E-state index contributed by atoms with van der Waals surface area (Å²) in [4.78, 5) is 1.92.